The molecule has 0 spiro atoms. The molecule has 1 aliphatic rings. The van der Waals surface area contributed by atoms with Gasteiger partial charge in [-0.15, -0.1) is 0 Å². The van der Waals surface area contributed by atoms with Gasteiger partial charge in [0.1, 0.15) is 5.75 Å². The third-order valence-electron chi connectivity index (χ3n) is 4.43. The monoisotopic (exact) mass is 337 g/mol. The van der Waals surface area contributed by atoms with E-state index in [1.54, 1.807) is 24.3 Å². The predicted molar refractivity (Wildman–Crippen MR) is 97.0 cm³/mol. The van der Waals surface area contributed by atoms with Crippen LogP contribution in [-0.4, -0.2) is 23.3 Å². The molecule has 0 unspecified atom stereocenters. The van der Waals surface area contributed by atoms with Crippen molar-refractivity contribution in [3.63, 3.8) is 0 Å². The molecule has 0 fully saturated rings. The summed E-state index contributed by atoms with van der Waals surface area (Å²) in [5, 5.41) is 0. The third-order valence-corrected chi connectivity index (χ3v) is 4.43. The number of hydrogen-bond acceptors (Lipinski definition) is 3. The zero-order chi connectivity index (χ0) is 18.0. The molecule has 0 radical (unpaired) electrons. The fraction of sp³-hybridized carbons (Fsp3) is 0.333. The number of amides is 2. The van der Waals surface area contributed by atoms with Gasteiger partial charge in [-0.2, -0.15) is 0 Å². The zero-order valence-corrected chi connectivity index (χ0v) is 14.9. The minimum atomic E-state index is -0.241. The molecule has 0 aliphatic carbocycles. The standard InChI is InChI=1S/C21H23NO3/c1-4-11-25-19-12-15(14(2)3)9-10-16(19)13-22-20(23)17-7-5-6-8-18(17)21(22)24/h5-10,12,14H,4,11,13H2,1-3H3. The molecule has 1 heterocycles. The van der Waals surface area contributed by atoms with Crippen LogP contribution in [0.4, 0.5) is 0 Å². The van der Waals surface area contributed by atoms with E-state index in [0.717, 1.165) is 17.7 Å². The number of ether oxygens (including phenoxy) is 1. The van der Waals surface area contributed by atoms with Crippen LogP contribution in [0.25, 0.3) is 0 Å². The van der Waals surface area contributed by atoms with Gasteiger partial charge >= 0.3 is 0 Å². The van der Waals surface area contributed by atoms with E-state index in [1.165, 1.54) is 10.5 Å². The summed E-state index contributed by atoms with van der Waals surface area (Å²) in [4.78, 5) is 26.5. The Bertz CT molecular complexity index is 776. The number of carbonyl (C=O) groups is 2. The number of imide groups is 1. The molecule has 130 valence electrons. The van der Waals surface area contributed by atoms with Gasteiger partial charge in [0.2, 0.25) is 0 Å². The molecular formula is C21H23NO3. The van der Waals surface area contributed by atoms with Crippen molar-refractivity contribution in [2.75, 3.05) is 6.61 Å². The fourth-order valence-corrected chi connectivity index (χ4v) is 2.96. The largest absolute Gasteiger partial charge is 0.493 e. The predicted octanol–water partition coefficient (Wildman–Crippen LogP) is 4.40. The molecule has 1 aliphatic heterocycles. The van der Waals surface area contributed by atoms with Crippen molar-refractivity contribution < 1.29 is 14.3 Å². The van der Waals surface area contributed by atoms with Crippen molar-refractivity contribution in [3.8, 4) is 5.75 Å². The van der Waals surface area contributed by atoms with E-state index in [-0.39, 0.29) is 18.4 Å². The maximum absolute atomic E-state index is 12.6. The minimum absolute atomic E-state index is 0.226. The first-order valence-electron chi connectivity index (χ1n) is 8.73. The first-order valence-corrected chi connectivity index (χ1v) is 8.73. The van der Waals surface area contributed by atoms with Crippen molar-refractivity contribution >= 4 is 11.8 Å². The lowest BCUT2D eigenvalue weighted by atomic mass is 10.0. The van der Waals surface area contributed by atoms with E-state index in [2.05, 4.69) is 20.8 Å². The van der Waals surface area contributed by atoms with Crippen LogP contribution in [0.5, 0.6) is 5.75 Å². The van der Waals surface area contributed by atoms with Gasteiger partial charge in [-0.1, -0.05) is 45.0 Å². The maximum Gasteiger partial charge on any atom is 0.261 e. The van der Waals surface area contributed by atoms with Crippen LogP contribution >= 0.6 is 0 Å². The summed E-state index contributed by atoms with van der Waals surface area (Å²) in [5.41, 5.74) is 2.98. The summed E-state index contributed by atoms with van der Waals surface area (Å²) in [6, 6.07) is 13.0. The van der Waals surface area contributed by atoms with Crippen LogP contribution in [0, 0.1) is 0 Å². The van der Waals surface area contributed by atoms with Crippen molar-refractivity contribution in [2.24, 2.45) is 0 Å². The summed E-state index contributed by atoms with van der Waals surface area (Å²) in [6.07, 6.45) is 0.901. The highest BCUT2D eigenvalue weighted by Gasteiger charge is 2.35. The van der Waals surface area contributed by atoms with Crippen LogP contribution in [0.3, 0.4) is 0 Å². The highest BCUT2D eigenvalue weighted by atomic mass is 16.5. The van der Waals surface area contributed by atoms with Gasteiger partial charge in [0.15, 0.2) is 0 Å². The average Bonchev–Trinajstić information content (AvgIpc) is 2.86. The Morgan fingerprint density at radius 3 is 2.20 bits per heavy atom. The number of rotatable bonds is 6. The van der Waals surface area contributed by atoms with Gasteiger partial charge in [0, 0.05) is 5.56 Å². The van der Waals surface area contributed by atoms with Gasteiger partial charge in [0.25, 0.3) is 11.8 Å². The van der Waals surface area contributed by atoms with Crippen LogP contribution in [0.2, 0.25) is 0 Å². The smallest absolute Gasteiger partial charge is 0.261 e. The van der Waals surface area contributed by atoms with Crippen LogP contribution < -0.4 is 4.74 Å². The number of hydrogen-bond donors (Lipinski definition) is 0. The van der Waals surface area contributed by atoms with E-state index >= 15 is 0 Å². The lowest BCUT2D eigenvalue weighted by molar-refractivity contribution is 0.0641. The molecular weight excluding hydrogens is 314 g/mol. The maximum atomic E-state index is 12.6. The second-order valence-electron chi connectivity index (χ2n) is 6.61. The van der Waals surface area contributed by atoms with E-state index in [4.69, 9.17) is 4.74 Å². The van der Waals surface area contributed by atoms with Crippen LogP contribution in [0.15, 0.2) is 42.5 Å². The molecule has 2 amide bonds. The zero-order valence-electron chi connectivity index (χ0n) is 14.9. The molecule has 0 saturated carbocycles. The average molecular weight is 337 g/mol. The van der Waals surface area contributed by atoms with E-state index in [1.807, 2.05) is 18.2 Å². The molecule has 0 bridgehead atoms. The number of nitrogens with zero attached hydrogens (tertiary/aromatic N) is 1. The normalized spacial score (nSPS) is 13.5. The summed E-state index contributed by atoms with van der Waals surface area (Å²) in [5.74, 6) is 0.659. The number of benzene rings is 2. The fourth-order valence-electron chi connectivity index (χ4n) is 2.96. The number of carbonyl (C=O) groups excluding carboxylic acids is 2. The van der Waals surface area contributed by atoms with Crippen LogP contribution in [-0.2, 0) is 6.54 Å². The molecule has 2 aromatic rings. The Morgan fingerprint density at radius 1 is 1.00 bits per heavy atom. The molecule has 0 N–H and O–H groups in total. The Kier molecular flexibility index (Phi) is 4.88. The first kappa shape index (κ1) is 17.2. The summed E-state index contributed by atoms with van der Waals surface area (Å²) < 4.78 is 5.89. The highest BCUT2D eigenvalue weighted by Crippen LogP contribution is 2.30. The highest BCUT2D eigenvalue weighted by molar-refractivity contribution is 6.21. The van der Waals surface area contributed by atoms with Crippen molar-refractivity contribution in [2.45, 2.75) is 39.7 Å². The second-order valence-corrected chi connectivity index (χ2v) is 6.61. The van der Waals surface area contributed by atoms with E-state index < -0.39 is 0 Å². The lowest BCUT2D eigenvalue weighted by Crippen LogP contribution is -2.29. The van der Waals surface area contributed by atoms with Crippen molar-refractivity contribution in [3.05, 3.63) is 64.7 Å². The molecule has 3 rings (SSSR count). The Labute approximate surface area is 148 Å². The molecule has 4 heteroatoms. The minimum Gasteiger partial charge on any atom is -0.493 e. The lowest BCUT2D eigenvalue weighted by Gasteiger charge is -2.18. The molecule has 25 heavy (non-hydrogen) atoms. The molecule has 2 aromatic carbocycles. The molecule has 0 saturated heterocycles. The van der Waals surface area contributed by atoms with Crippen LogP contribution in [0.1, 0.15) is 65.0 Å². The van der Waals surface area contributed by atoms with Gasteiger partial charge < -0.3 is 4.74 Å². The molecule has 4 nitrogen and oxygen atoms in total. The van der Waals surface area contributed by atoms with E-state index in [0.29, 0.717) is 23.7 Å². The third kappa shape index (κ3) is 3.29. The Balaban J connectivity index is 1.90. The molecule has 0 atom stereocenters. The topological polar surface area (TPSA) is 46.6 Å². The second kappa shape index (κ2) is 7.09. The van der Waals surface area contributed by atoms with Gasteiger partial charge in [-0.25, -0.2) is 0 Å². The quantitative estimate of drug-likeness (QED) is 0.734. The van der Waals surface area contributed by atoms with E-state index in [9.17, 15) is 9.59 Å². The van der Waals surface area contributed by atoms with Gasteiger partial charge in [0.05, 0.1) is 24.3 Å². The SMILES string of the molecule is CCCOc1cc(C(C)C)ccc1CN1C(=O)c2ccccc2C1=O. The van der Waals surface area contributed by atoms with Gasteiger partial charge in [-0.3, -0.25) is 14.5 Å². The summed E-state index contributed by atoms with van der Waals surface area (Å²) in [6.45, 7) is 7.14. The molecule has 0 aromatic heterocycles. The summed E-state index contributed by atoms with van der Waals surface area (Å²) in [7, 11) is 0. The number of fused-ring (bicyclic) bond motifs is 1. The Hall–Kier alpha value is -2.62. The van der Waals surface area contributed by atoms with Crippen molar-refractivity contribution in [1.29, 1.82) is 0 Å². The summed E-state index contributed by atoms with van der Waals surface area (Å²) >= 11 is 0. The Morgan fingerprint density at radius 2 is 1.64 bits per heavy atom. The van der Waals surface area contributed by atoms with Crippen molar-refractivity contribution in [1.82, 2.24) is 4.90 Å². The first-order chi connectivity index (χ1) is 12.0. The van der Waals surface area contributed by atoms with Gasteiger partial charge in [-0.05, 0) is 36.1 Å².